The van der Waals surface area contributed by atoms with Gasteiger partial charge in [-0.15, -0.1) is 0 Å². The number of nitrogens with zero attached hydrogens (tertiary/aromatic N) is 5. The van der Waals surface area contributed by atoms with Gasteiger partial charge >= 0.3 is 11.7 Å². The SMILES string of the molecule is CC(N)(CO)C(=O)N1CCN(C(=O)Nc2ccn(-c3ccc(CCN4CC[C@H](N)C4)cc3)c(=O)n2)CC1. The van der Waals surface area contributed by atoms with E-state index >= 15 is 0 Å². The third kappa shape index (κ3) is 6.52. The van der Waals surface area contributed by atoms with Crippen LogP contribution in [0.2, 0.25) is 0 Å². The van der Waals surface area contributed by atoms with Crippen molar-refractivity contribution in [1.82, 2.24) is 24.3 Å². The van der Waals surface area contributed by atoms with Gasteiger partial charge in [0.25, 0.3) is 0 Å². The van der Waals surface area contributed by atoms with Crippen molar-refractivity contribution in [2.24, 2.45) is 11.5 Å². The van der Waals surface area contributed by atoms with Crippen molar-refractivity contribution in [2.45, 2.75) is 31.3 Å². The first-order chi connectivity index (χ1) is 17.7. The predicted octanol–water partition coefficient (Wildman–Crippen LogP) is -0.806. The molecule has 2 fully saturated rings. The third-order valence-corrected chi connectivity index (χ3v) is 6.95. The lowest BCUT2D eigenvalue weighted by atomic mass is 10.0. The van der Waals surface area contributed by atoms with E-state index in [-0.39, 0.29) is 17.8 Å². The van der Waals surface area contributed by atoms with Crippen molar-refractivity contribution >= 4 is 17.8 Å². The molecule has 6 N–H and O–H groups in total. The van der Waals surface area contributed by atoms with E-state index in [0.717, 1.165) is 32.5 Å². The fraction of sp³-hybridized carbons (Fsp3) is 0.520. The Balaban J connectivity index is 1.30. The second-order valence-corrected chi connectivity index (χ2v) is 10.0. The minimum Gasteiger partial charge on any atom is -0.394 e. The van der Waals surface area contributed by atoms with Gasteiger partial charge in [-0.1, -0.05) is 12.1 Å². The maximum Gasteiger partial charge on any atom is 0.354 e. The molecule has 0 bridgehead atoms. The number of aliphatic hydroxyl groups excluding tert-OH is 1. The summed E-state index contributed by atoms with van der Waals surface area (Å²) in [7, 11) is 0. The topological polar surface area (TPSA) is 163 Å². The number of aliphatic hydroxyl groups is 1. The number of carbonyl (C=O) groups excluding carboxylic acids is 2. The van der Waals surface area contributed by atoms with Crippen molar-refractivity contribution in [3.05, 3.63) is 52.6 Å². The molecule has 3 amide bonds. The van der Waals surface area contributed by atoms with Crippen molar-refractivity contribution in [3.8, 4) is 5.69 Å². The van der Waals surface area contributed by atoms with E-state index in [1.807, 2.05) is 24.3 Å². The molecule has 0 spiro atoms. The molecule has 0 radical (unpaired) electrons. The Kier molecular flexibility index (Phi) is 8.22. The minimum absolute atomic E-state index is 0.153. The summed E-state index contributed by atoms with van der Waals surface area (Å²) in [5.41, 5.74) is 11.8. The minimum atomic E-state index is -1.35. The number of nitrogens with one attached hydrogen (secondary N) is 1. The number of anilines is 1. The van der Waals surface area contributed by atoms with Crippen LogP contribution in [-0.2, 0) is 11.2 Å². The highest BCUT2D eigenvalue weighted by molar-refractivity contribution is 5.89. The molecule has 2 aromatic rings. The van der Waals surface area contributed by atoms with Crippen LogP contribution in [0.25, 0.3) is 5.69 Å². The van der Waals surface area contributed by atoms with Gasteiger partial charge in [0.2, 0.25) is 5.91 Å². The van der Waals surface area contributed by atoms with Crippen molar-refractivity contribution < 1.29 is 14.7 Å². The highest BCUT2D eigenvalue weighted by atomic mass is 16.3. The van der Waals surface area contributed by atoms with Crippen LogP contribution < -0.4 is 22.5 Å². The molecule has 37 heavy (non-hydrogen) atoms. The Labute approximate surface area is 215 Å². The van der Waals surface area contributed by atoms with Crippen molar-refractivity contribution in [3.63, 3.8) is 0 Å². The number of amides is 3. The van der Waals surface area contributed by atoms with E-state index in [9.17, 15) is 19.5 Å². The van der Waals surface area contributed by atoms with Crippen LogP contribution in [0.1, 0.15) is 18.9 Å². The van der Waals surface area contributed by atoms with Gasteiger partial charge in [-0.25, -0.2) is 9.59 Å². The summed E-state index contributed by atoms with van der Waals surface area (Å²) in [4.78, 5) is 47.2. The second-order valence-electron chi connectivity index (χ2n) is 10.0. The quantitative estimate of drug-likeness (QED) is 0.374. The van der Waals surface area contributed by atoms with Gasteiger partial charge in [-0.2, -0.15) is 4.98 Å². The van der Waals surface area contributed by atoms with Crippen LogP contribution >= 0.6 is 0 Å². The van der Waals surface area contributed by atoms with Crippen LogP contribution in [0.3, 0.4) is 0 Å². The summed E-state index contributed by atoms with van der Waals surface area (Å²) in [5.74, 6) is -0.204. The highest BCUT2D eigenvalue weighted by Gasteiger charge is 2.34. The number of hydrogen-bond acceptors (Lipinski definition) is 8. The largest absolute Gasteiger partial charge is 0.394 e. The monoisotopic (exact) mass is 512 g/mol. The smallest absolute Gasteiger partial charge is 0.354 e. The fourth-order valence-corrected chi connectivity index (χ4v) is 4.58. The highest BCUT2D eigenvalue weighted by Crippen LogP contribution is 2.13. The summed E-state index contributed by atoms with van der Waals surface area (Å²) < 4.78 is 1.42. The first-order valence-corrected chi connectivity index (χ1v) is 12.6. The Morgan fingerprint density at radius 2 is 1.78 bits per heavy atom. The van der Waals surface area contributed by atoms with E-state index in [4.69, 9.17) is 11.5 Å². The number of aromatic nitrogens is 2. The standard InChI is InChI=1S/C25H36N8O4/c1-25(27,17-34)22(35)31-12-14-32(15-13-31)23(36)28-21-8-11-33(24(37)29-21)20-4-2-18(3-5-20)6-9-30-10-7-19(26)16-30/h2-5,8,11,19,34H,6-7,9-10,12-17,26-27H2,1H3,(H,28,29,36,37)/t19-,25?/m0/s1. The maximum absolute atomic E-state index is 12.7. The van der Waals surface area contributed by atoms with Crippen molar-refractivity contribution in [1.29, 1.82) is 0 Å². The van der Waals surface area contributed by atoms with Gasteiger partial charge in [-0.3, -0.25) is 14.7 Å². The molecule has 2 aliphatic heterocycles. The zero-order valence-corrected chi connectivity index (χ0v) is 21.2. The predicted molar refractivity (Wildman–Crippen MR) is 139 cm³/mol. The average molecular weight is 513 g/mol. The van der Waals surface area contributed by atoms with Crippen molar-refractivity contribution in [2.75, 3.05) is 57.7 Å². The number of hydrogen-bond donors (Lipinski definition) is 4. The molecule has 12 heteroatoms. The van der Waals surface area contributed by atoms with Gasteiger partial charge in [0.05, 0.1) is 12.3 Å². The summed E-state index contributed by atoms with van der Waals surface area (Å²) in [6, 6.07) is 9.22. The molecule has 1 aromatic heterocycles. The molecule has 3 heterocycles. The van der Waals surface area contributed by atoms with Crippen LogP contribution in [0, 0.1) is 0 Å². The molecule has 4 rings (SSSR count). The first-order valence-electron chi connectivity index (χ1n) is 12.6. The molecule has 2 aliphatic rings. The number of nitrogens with two attached hydrogens (primary N) is 2. The molecule has 1 unspecified atom stereocenters. The van der Waals surface area contributed by atoms with Crippen LogP contribution in [-0.4, -0.2) is 105 Å². The summed E-state index contributed by atoms with van der Waals surface area (Å²) >= 11 is 0. The van der Waals surface area contributed by atoms with Gasteiger partial charge in [-0.05, 0) is 50.1 Å². The van der Waals surface area contributed by atoms with E-state index in [0.29, 0.717) is 31.9 Å². The van der Waals surface area contributed by atoms with E-state index in [2.05, 4.69) is 15.2 Å². The number of urea groups is 1. The normalized spacial score (nSPS) is 20.1. The second kappa shape index (κ2) is 11.4. The zero-order valence-electron chi connectivity index (χ0n) is 21.2. The molecule has 2 saturated heterocycles. The summed E-state index contributed by atoms with van der Waals surface area (Å²) in [6.45, 7) is 5.16. The van der Waals surface area contributed by atoms with Crippen LogP contribution in [0.4, 0.5) is 10.6 Å². The zero-order chi connectivity index (χ0) is 26.6. The number of benzene rings is 1. The lowest BCUT2D eigenvalue weighted by molar-refractivity contribution is -0.139. The summed E-state index contributed by atoms with van der Waals surface area (Å²) in [5, 5.41) is 12.0. The Hall–Kier alpha value is -3.32. The molecule has 0 aliphatic carbocycles. The van der Waals surface area contributed by atoms with Crippen LogP contribution in [0.5, 0.6) is 0 Å². The molecule has 1 aromatic carbocycles. The fourth-order valence-electron chi connectivity index (χ4n) is 4.58. The lowest BCUT2D eigenvalue weighted by Crippen LogP contribution is -2.60. The van der Waals surface area contributed by atoms with Gasteiger partial charge < -0.3 is 31.3 Å². The first kappa shape index (κ1) is 26.7. The van der Waals surface area contributed by atoms with Gasteiger partial charge in [0.1, 0.15) is 11.4 Å². The van der Waals surface area contributed by atoms with E-state index in [1.165, 1.54) is 22.0 Å². The molecule has 200 valence electrons. The number of carbonyl (C=O) groups is 2. The third-order valence-electron chi connectivity index (χ3n) is 6.95. The lowest BCUT2D eigenvalue weighted by Gasteiger charge is -2.37. The average Bonchev–Trinajstić information content (AvgIpc) is 3.32. The number of rotatable bonds is 7. The summed E-state index contributed by atoms with van der Waals surface area (Å²) in [6.07, 6.45) is 3.54. The Morgan fingerprint density at radius 1 is 1.11 bits per heavy atom. The van der Waals surface area contributed by atoms with Gasteiger partial charge in [0.15, 0.2) is 0 Å². The molecule has 2 atom stereocenters. The molecule has 12 nitrogen and oxygen atoms in total. The van der Waals surface area contributed by atoms with Crippen LogP contribution in [0.15, 0.2) is 41.3 Å². The Morgan fingerprint density at radius 3 is 2.38 bits per heavy atom. The molecular weight excluding hydrogens is 476 g/mol. The molecule has 0 saturated carbocycles. The van der Waals surface area contributed by atoms with E-state index in [1.54, 1.807) is 17.2 Å². The molecular formula is C25H36N8O4. The van der Waals surface area contributed by atoms with Gasteiger partial charge in [0, 0.05) is 51.5 Å². The van der Waals surface area contributed by atoms with E-state index < -0.39 is 23.9 Å². The maximum atomic E-state index is 12.7. The number of likely N-dealkylation sites (tertiary alicyclic amines) is 1. The number of piperazine rings is 1. The Bertz CT molecular complexity index is 1160.